The predicted octanol–water partition coefficient (Wildman–Crippen LogP) is 1.48. The van der Waals surface area contributed by atoms with Gasteiger partial charge in [0.15, 0.2) is 11.6 Å². The van der Waals surface area contributed by atoms with Crippen molar-refractivity contribution in [3.63, 3.8) is 0 Å². The van der Waals surface area contributed by atoms with E-state index in [1.54, 1.807) is 19.2 Å². The lowest BCUT2D eigenvalue weighted by molar-refractivity contribution is 0.0916. The number of aryl methyl sites for hydroxylation is 2. The number of amides is 1. The third kappa shape index (κ3) is 3.61. The first kappa shape index (κ1) is 16.9. The van der Waals surface area contributed by atoms with E-state index in [2.05, 4.69) is 15.4 Å². The summed E-state index contributed by atoms with van der Waals surface area (Å²) in [5, 5.41) is 6.33. The summed E-state index contributed by atoms with van der Waals surface area (Å²) in [7, 11) is -2.09. The number of hydrogen-bond donors (Lipinski definition) is 1. The van der Waals surface area contributed by atoms with Gasteiger partial charge in [-0.05, 0) is 31.2 Å². The van der Waals surface area contributed by atoms with Crippen LogP contribution in [0.5, 0.6) is 0 Å². The fourth-order valence-electron chi connectivity index (χ4n) is 2.13. The van der Waals surface area contributed by atoms with E-state index in [9.17, 15) is 13.2 Å². The molecule has 0 saturated heterocycles. The molecule has 0 spiro atoms. The maximum atomic E-state index is 12.5. The normalized spacial score (nSPS) is 11.4. The number of furan rings is 1. The number of rotatable bonds is 5. The van der Waals surface area contributed by atoms with Crippen molar-refractivity contribution in [3.8, 4) is 0 Å². The fourth-order valence-corrected chi connectivity index (χ4v) is 3.30. The number of hydrogen-bond acceptors (Lipinski definition) is 6. The molecule has 0 aliphatic heterocycles. The number of carbonyl (C=O) groups excluding carboxylic acids is 1. The maximum Gasteiger partial charge on any atom is 0.287 e. The summed E-state index contributed by atoms with van der Waals surface area (Å²) in [5.74, 6) is -0.200. The van der Waals surface area contributed by atoms with Crippen molar-refractivity contribution in [1.82, 2.24) is 20.1 Å². The van der Waals surface area contributed by atoms with Crippen molar-refractivity contribution in [3.05, 3.63) is 59.9 Å². The van der Waals surface area contributed by atoms with Crippen LogP contribution in [0.2, 0.25) is 0 Å². The number of aromatic nitrogens is 3. The van der Waals surface area contributed by atoms with Crippen LogP contribution in [0.15, 0.2) is 57.1 Å². The summed E-state index contributed by atoms with van der Waals surface area (Å²) in [5.41, 5.74) is 0.946. The summed E-state index contributed by atoms with van der Waals surface area (Å²) >= 11 is 0. The second kappa shape index (κ2) is 6.52. The van der Waals surface area contributed by atoms with Crippen molar-refractivity contribution >= 4 is 15.7 Å². The highest BCUT2D eigenvalue weighted by molar-refractivity contribution is 7.91. The molecule has 0 unspecified atom stereocenters. The molecular weight excluding hydrogens is 344 g/mol. The minimum Gasteiger partial charge on any atom is -0.439 e. The summed E-state index contributed by atoms with van der Waals surface area (Å²) in [4.78, 5) is 16.2. The van der Waals surface area contributed by atoms with E-state index >= 15 is 0 Å². The highest BCUT2D eigenvalue weighted by Crippen LogP contribution is 2.23. The summed E-state index contributed by atoms with van der Waals surface area (Å²) in [6.45, 7) is 1.97. The third-order valence-electron chi connectivity index (χ3n) is 3.46. The smallest absolute Gasteiger partial charge is 0.287 e. The van der Waals surface area contributed by atoms with Crippen LogP contribution < -0.4 is 5.32 Å². The lowest BCUT2D eigenvalue weighted by Crippen LogP contribution is -2.23. The van der Waals surface area contributed by atoms with Gasteiger partial charge in [0.2, 0.25) is 14.9 Å². The summed E-state index contributed by atoms with van der Waals surface area (Å²) in [6, 6.07) is 8.98. The van der Waals surface area contributed by atoms with Gasteiger partial charge < -0.3 is 9.73 Å². The Morgan fingerprint density at radius 2 is 1.92 bits per heavy atom. The maximum absolute atomic E-state index is 12.5. The van der Waals surface area contributed by atoms with Gasteiger partial charge in [-0.25, -0.2) is 13.4 Å². The van der Waals surface area contributed by atoms with E-state index in [0.717, 1.165) is 5.56 Å². The standard InChI is InChI=1S/C16H16N4O4S/c1-11-3-5-12(6-4-11)25(22,23)15-8-7-13(24-15)16(21)17-9-14-18-10-20(2)19-14/h3-8,10H,9H2,1-2H3,(H,17,21). The quantitative estimate of drug-likeness (QED) is 0.738. The molecule has 3 rings (SSSR count). The molecule has 0 saturated carbocycles. The molecule has 8 nitrogen and oxygen atoms in total. The van der Waals surface area contributed by atoms with Crippen LogP contribution in [-0.2, 0) is 23.4 Å². The van der Waals surface area contributed by atoms with E-state index in [0.29, 0.717) is 5.82 Å². The van der Waals surface area contributed by atoms with Crippen LogP contribution in [0, 0.1) is 6.92 Å². The van der Waals surface area contributed by atoms with Gasteiger partial charge in [-0.3, -0.25) is 9.48 Å². The predicted molar refractivity (Wildman–Crippen MR) is 87.5 cm³/mol. The van der Waals surface area contributed by atoms with Crippen LogP contribution in [0.3, 0.4) is 0 Å². The molecule has 0 atom stereocenters. The first-order valence-electron chi connectivity index (χ1n) is 7.40. The zero-order chi connectivity index (χ0) is 18.0. The van der Waals surface area contributed by atoms with Crippen LogP contribution >= 0.6 is 0 Å². The molecule has 2 heterocycles. The van der Waals surface area contributed by atoms with Gasteiger partial charge in [-0.1, -0.05) is 17.7 Å². The minimum atomic E-state index is -3.81. The molecule has 130 valence electrons. The van der Waals surface area contributed by atoms with E-state index in [4.69, 9.17) is 4.42 Å². The SMILES string of the molecule is Cc1ccc(S(=O)(=O)c2ccc(C(=O)NCc3ncn(C)n3)o2)cc1. The largest absolute Gasteiger partial charge is 0.439 e. The Morgan fingerprint density at radius 1 is 1.20 bits per heavy atom. The Kier molecular flexibility index (Phi) is 4.41. The van der Waals surface area contributed by atoms with Crippen LogP contribution in [0.4, 0.5) is 0 Å². The number of benzene rings is 1. The highest BCUT2D eigenvalue weighted by Gasteiger charge is 2.23. The molecule has 0 radical (unpaired) electrons. The first-order valence-corrected chi connectivity index (χ1v) is 8.89. The molecule has 2 aromatic heterocycles. The topological polar surface area (TPSA) is 107 Å². The Labute approximate surface area is 144 Å². The average molecular weight is 360 g/mol. The van der Waals surface area contributed by atoms with Gasteiger partial charge in [0.25, 0.3) is 5.91 Å². The molecule has 0 bridgehead atoms. The second-order valence-electron chi connectivity index (χ2n) is 5.45. The lowest BCUT2D eigenvalue weighted by Gasteiger charge is -2.02. The van der Waals surface area contributed by atoms with Crippen LogP contribution in [-0.4, -0.2) is 29.1 Å². The molecule has 1 amide bonds. The zero-order valence-electron chi connectivity index (χ0n) is 13.6. The Bertz CT molecular complexity index is 1000. The van der Waals surface area contributed by atoms with Crippen molar-refractivity contribution < 1.29 is 17.6 Å². The molecule has 1 aromatic carbocycles. The molecular formula is C16H16N4O4S. The zero-order valence-corrected chi connectivity index (χ0v) is 14.4. The van der Waals surface area contributed by atoms with Gasteiger partial charge in [-0.2, -0.15) is 5.10 Å². The van der Waals surface area contributed by atoms with Crippen molar-refractivity contribution in [1.29, 1.82) is 0 Å². The Morgan fingerprint density at radius 3 is 2.56 bits per heavy atom. The molecule has 0 fully saturated rings. The summed E-state index contributed by atoms with van der Waals surface area (Å²) in [6.07, 6.45) is 1.51. The second-order valence-corrected chi connectivity index (χ2v) is 7.33. The monoisotopic (exact) mass is 360 g/mol. The van der Waals surface area contributed by atoms with Gasteiger partial charge in [0.05, 0.1) is 11.4 Å². The van der Waals surface area contributed by atoms with E-state index < -0.39 is 15.7 Å². The van der Waals surface area contributed by atoms with Crippen molar-refractivity contribution in [2.24, 2.45) is 7.05 Å². The van der Waals surface area contributed by atoms with Crippen molar-refractivity contribution in [2.45, 2.75) is 23.5 Å². The molecule has 0 aliphatic rings. The number of nitrogens with zero attached hydrogens (tertiary/aromatic N) is 3. The average Bonchev–Trinajstić information content (AvgIpc) is 3.22. The van der Waals surface area contributed by atoms with E-state index in [-0.39, 0.29) is 22.3 Å². The number of sulfone groups is 1. The molecule has 0 aliphatic carbocycles. The molecule has 1 N–H and O–H groups in total. The Hall–Kier alpha value is -2.94. The molecule has 9 heteroatoms. The fraction of sp³-hybridized carbons (Fsp3) is 0.188. The summed E-state index contributed by atoms with van der Waals surface area (Å²) < 4.78 is 31.8. The van der Waals surface area contributed by atoms with E-state index in [1.165, 1.54) is 35.3 Å². The van der Waals surface area contributed by atoms with Gasteiger partial charge >= 0.3 is 0 Å². The minimum absolute atomic E-state index is 0.0957. The van der Waals surface area contributed by atoms with E-state index in [1.807, 2.05) is 6.92 Å². The van der Waals surface area contributed by atoms with Gasteiger partial charge in [0.1, 0.15) is 6.33 Å². The highest BCUT2D eigenvalue weighted by atomic mass is 32.2. The van der Waals surface area contributed by atoms with Crippen molar-refractivity contribution in [2.75, 3.05) is 0 Å². The van der Waals surface area contributed by atoms with Crippen LogP contribution in [0.25, 0.3) is 0 Å². The molecule has 25 heavy (non-hydrogen) atoms. The van der Waals surface area contributed by atoms with Crippen LogP contribution in [0.1, 0.15) is 21.9 Å². The lowest BCUT2D eigenvalue weighted by atomic mass is 10.2. The first-order chi connectivity index (χ1) is 11.9. The van der Waals surface area contributed by atoms with Gasteiger partial charge in [-0.15, -0.1) is 0 Å². The number of nitrogens with one attached hydrogen (secondary N) is 1. The van der Waals surface area contributed by atoms with Gasteiger partial charge in [0, 0.05) is 7.05 Å². The third-order valence-corrected chi connectivity index (χ3v) is 5.10. The number of carbonyl (C=O) groups is 1. The molecule has 3 aromatic rings. The Balaban J connectivity index is 1.75.